The third kappa shape index (κ3) is 2.96. The van der Waals surface area contributed by atoms with E-state index in [0.717, 1.165) is 32.4 Å². The molecule has 1 saturated heterocycles. The van der Waals surface area contributed by atoms with Crippen LogP contribution in [0.2, 0.25) is 0 Å². The first-order valence-electron chi connectivity index (χ1n) is 6.84. The summed E-state index contributed by atoms with van der Waals surface area (Å²) in [6.07, 6.45) is 7.14. The second-order valence-electron chi connectivity index (χ2n) is 5.23. The third-order valence-corrected chi connectivity index (χ3v) is 4.12. The number of aliphatic hydroxyl groups is 1. The number of hydrogen-bond donors (Lipinski definition) is 2. The number of nitrogens with one attached hydrogen (secondary N) is 1. The zero-order valence-corrected chi connectivity index (χ0v) is 10.3. The minimum atomic E-state index is -0.129. The van der Waals surface area contributed by atoms with Gasteiger partial charge in [-0.2, -0.15) is 0 Å². The lowest BCUT2D eigenvalue weighted by molar-refractivity contribution is 0.0720. The Bertz CT molecular complexity index is 208. The molecule has 2 fully saturated rings. The lowest BCUT2D eigenvalue weighted by Gasteiger charge is -2.30. The Morgan fingerprint density at radius 2 is 2.06 bits per heavy atom. The fourth-order valence-corrected chi connectivity index (χ4v) is 3.03. The normalized spacial score (nSPS) is 40.1. The predicted molar refractivity (Wildman–Crippen MR) is 64.4 cm³/mol. The Morgan fingerprint density at radius 1 is 1.25 bits per heavy atom. The SMILES string of the molecule is CCC1OCCC1CNC1CCCCC1O. The molecular weight excluding hydrogens is 202 g/mol. The standard InChI is InChI=1S/C13H25NO2/c1-2-13-10(7-8-16-13)9-14-11-5-3-4-6-12(11)15/h10-15H,2-9H2,1H3. The lowest BCUT2D eigenvalue weighted by Crippen LogP contribution is -2.44. The van der Waals surface area contributed by atoms with Gasteiger partial charge in [-0.05, 0) is 31.6 Å². The molecule has 4 atom stereocenters. The summed E-state index contributed by atoms with van der Waals surface area (Å²) in [5, 5.41) is 13.4. The minimum Gasteiger partial charge on any atom is -0.392 e. The van der Waals surface area contributed by atoms with E-state index in [2.05, 4.69) is 12.2 Å². The lowest BCUT2D eigenvalue weighted by atomic mass is 9.91. The Labute approximate surface area is 98.6 Å². The highest BCUT2D eigenvalue weighted by Crippen LogP contribution is 2.24. The molecule has 94 valence electrons. The van der Waals surface area contributed by atoms with E-state index in [1.807, 2.05) is 0 Å². The van der Waals surface area contributed by atoms with Gasteiger partial charge in [0.2, 0.25) is 0 Å². The highest BCUT2D eigenvalue weighted by molar-refractivity contribution is 4.84. The van der Waals surface area contributed by atoms with Gasteiger partial charge in [-0.1, -0.05) is 19.8 Å². The molecule has 1 saturated carbocycles. The van der Waals surface area contributed by atoms with Crippen LogP contribution in [0.4, 0.5) is 0 Å². The number of ether oxygens (including phenoxy) is 1. The predicted octanol–water partition coefficient (Wildman–Crippen LogP) is 1.69. The monoisotopic (exact) mass is 227 g/mol. The summed E-state index contributed by atoms with van der Waals surface area (Å²) in [5.74, 6) is 0.652. The summed E-state index contributed by atoms with van der Waals surface area (Å²) >= 11 is 0. The molecule has 0 radical (unpaired) electrons. The Morgan fingerprint density at radius 3 is 2.81 bits per heavy atom. The molecule has 1 heterocycles. The molecule has 2 aliphatic rings. The van der Waals surface area contributed by atoms with E-state index in [1.165, 1.54) is 19.3 Å². The van der Waals surface area contributed by atoms with Crippen LogP contribution >= 0.6 is 0 Å². The zero-order valence-electron chi connectivity index (χ0n) is 10.3. The smallest absolute Gasteiger partial charge is 0.0693 e. The van der Waals surface area contributed by atoms with Crippen molar-refractivity contribution in [1.82, 2.24) is 5.32 Å². The van der Waals surface area contributed by atoms with E-state index < -0.39 is 0 Å². The minimum absolute atomic E-state index is 0.129. The fraction of sp³-hybridized carbons (Fsp3) is 1.00. The molecule has 0 aromatic carbocycles. The Kier molecular flexibility index (Phi) is 4.62. The second kappa shape index (κ2) is 5.99. The van der Waals surface area contributed by atoms with Crippen LogP contribution in [-0.2, 0) is 4.74 Å². The van der Waals surface area contributed by atoms with Crippen molar-refractivity contribution in [3.63, 3.8) is 0 Å². The van der Waals surface area contributed by atoms with Gasteiger partial charge >= 0.3 is 0 Å². The molecule has 0 aromatic heterocycles. The van der Waals surface area contributed by atoms with Crippen molar-refractivity contribution in [2.45, 2.75) is 63.7 Å². The van der Waals surface area contributed by atoms with Crippen LogP contribution in [0, 0.1) is 5.92 Å². The van der Waals surface area contributed by atoms with Gasteiger partial charge in [0, 0.05) is 19.2 Å². The summed E-state index contributed by atoms with van der Waals surface area (Å²) in [5.41, 5.74) is 0. The molecule has 3 heteroatoms. The summed E-state index contributed by atoms with van der Waals surface area (Å²) < 4.78 is 5.68. The number of aliphatic hydroxyl groups excluding tert-OH is 1. The van der Waals surface area contributed by atoms with Crippen LogP contribution in [0.25, 0.3) is 0 Å². The van der Waals surface area contributed by atoms with Crippen LogP contribution in [0.15, 0.2) is 0 Å². The van der Waals surface area contributed by atoms with Crippen LogP contribution in [0.5, 0.6) is 0 Å². The molecule has 0 bridgehead atoms. The quantitative estimate of drug-likeness (QED) is 0.768. The average Bonchev–Trinajstić information content (AvgIpc) is 2.75. The highest BCUT2D eigenvalue weighted by atomic mass is 16.5. The first-order valence-corrected chi connectivity index (χ1v) is 6.84. The van der Waals surface area contributed by atoms with Crippen molar-refractivity contribution in [1.29, 1.82) is 0 Å². The fourth-order valence-electron chi connectivity index (χ4n) is 3.03. The van der Waals surface area contributed by atoms with Gasteiger partial charge in [0.1, 0.15) is 0 Å². The molecule has 1 aliphatic heterocycles. The maximum atomic E-state index is 9.87. The van der Waals surface area contributed by atoms with Crippen molar-refractivity contribution in [3.8, 4) is 0 Å². The van der Waals surface area contributed by atoms with Crippen LogP contribution in [0.1, 0.15) is 45.4 Å². The van der Waals surface area contributed by atoms with Crippen LogP contribution in [0.3, 0.4) is 0 Å². The average molecular weight is 227 g/mol. The van der Waals surface area contributed by atoms with Crippen molar-refractivity contribution >= 4 is 0 Å². The van der Waals surface area contributed by atoms with Gasteiger partial charge in [-0.3, -0.25) is 0 Å². The summed E-state index contributed by atoms with van der Waals surface area (Å²) in [7, 11) is 0. The second-order valence-corrected chi connectivity index (χ2v) is 5.23. The molecule has 0 amide bonds. The summed E-state index contributed by atoms with van der Waals surface area (Å²) in [6, 6.07) is 0.326. The number of rotatable bonds is 4. The van der Waals surface area contributed by atoms with Crippen molar-refractivity contribution in [2.24, 2.45) is 5.92 Å². The summed E-state index contributed by atoms with van der Waals surface area (Å²) in [6.45, 7) is 4.12. The van der Waals surface area contributed by atoms with E-state index in [1.54, 1.807) is 0 Å². The van der Waals surface area contributed by atoms with E-state index >= 15 is 0 Å². The highest BCUT2D eigenvalue weighted by Gasteiger charge is 2.29. The largest absolute Gasteiger partial charge is 0.392 e. The Balaban J connectivity index is 1.73. The van der Waals surface area contributed by atoms with Gasteiger partial charge in [-0.25, -0.2) is 0 Å². The molecule has 0 spiro atoms. The van der Waals surface area contributed by atoms with Crippen molar-refractivity contribution in [2.75, 3.05) is 13.2 Å². The van der Waals surface area contributed by atoms with Crippen LogP contribution < -0.4 is 5.32 Å². The van der Waals surface area contributed by atoms with E-state index in [9.17, 15) is 5.11 Å². The molecule has 2 N–H and O–H groups in total. The molecule has 16 heavy (non-hydrogen) atoms. The van der Waals surface area contributed by atoms with Gasteiger partial charge in [0.15, 0.2) is 0 Å². The van der Waals surface area contributed by atoms with Crippen LogP contribution in [-0.4, -0.2) is 36.5 Å². The number of hydrogen-bond acceptors (Lipinski definition) is 3. The van der Waals surface area contributed by atoms with E-state index in [0.29, 0.717) is 18.1 Å². The first kappa shape index (κ1) is 12.3. The molecule has 0 aromatic rings. The van der Waals surface area contributed by atoms with Gasteiger partial charge < -0.3 is 15.2 Å². The molecule has 1 aliphatic carbocycles. The van der Waals surface area contributed by atoms with Crippen molar-refractivity contribution < 1.29 is 9.84 Å². The van der Waals surface area contributed by atoms with Gasteiger partial charge in [0.25, 0.3) is 0 Å². The molecular formula is C13H25NO2. The summed E-state index contributed by atoms with van der Waals surface area (Å²) in [4.78, 5) is 0. The van der Waals surface area contributed by atoms with E-state index in [-0.39, 0.29) is 6.10 Å². The van der Waals surface area contributed by atoms with Gasteiger partial charge in [-0.15, -0.1) is 0 Å². The maximum absolute atomic E-state index is 9.87. The topological polar surface area (TPSA) is 41.5 Å². The maximum Gasteiger partial charge on any atom is 0.0693 e. The van der Waals surface area contributed by atoms with E-state index in [4.69, 9.17) is 4.74 Å². The van der Waals surface area contributed by atoms with Crippen molar-refractivity contribution in [3.05, 3.63) is 0 Å². The molecule has 3 nitrogen and oxygen atoms in total. The molecule has 2 rings (SSSR count). The Hall–Kier alpha value is -0.120. The zero-order chi connectivity index (χ0) is 11.4. The first-order chi connectivity index (χ1) is 7.81. The van der Waals surface area contributed by atoms with Gasteiger partial charge in [0.05, 0.1) is 12.2 Å². The third-order valence-electron chi connectivity index (χ3n) is 4.12. The molecule has 4 unspecified atom stereocenters.